The fourth-order valence-corrected chi connectivity index (χ4v) is 4.72. The van der Waals surface area contributed by atoms with Gasteiger partial charge in [0.1, 0.15) is 5.75 Å². The Labute approximate surface area is 130 Å². The molecule has 1 aromatic carbocycles. The maximum Gasteiger partial charge on any atom is 0.119 e. The molecule has 0 aliphatic heterocycles. The first-order valence-electron chi connectivity index (χ1n) is 7.98. The number of rotatable bonds is 8. The quantitative estimate of drug-likeness (QED) is 0.801. The Morgan fingerprint density at radius 3 is 2.81 bits per heavy atom. The van der Waals surface area contributed by atoms with Crippen molar-refractivity contribution in [3.8, 4) is 5.75 Å². The van der Waals surface area contributed by atoms with E-state index in [4.69, 9.17) is 4.74 Å². The van der Waals surface area contributed by atoms with Gasteiger partial charge in [0.2, 0.25) is 0 Å². The van der Waals surface area contributed by atoms with Gasteiger partial charge >= 0.3 is 0 Å². The summed E-state index contributed by atoms with van der Waals surface area (Å²) in [5.41, 5.74) is 2.59. The molecule has 0 saturated carbocycles. The molecule has 0 radical (unpaired) electrons. The fraction of sp³-hybridized carbons (Fsp3) is 0.647. The molecule has 1 N–H and O–H groups in total. The van der Waals surface area contributed by atoms with Crippen molar-refractivity contribution in [1.82, 2.24) is 5.32 Å². The number of hydrogen-bond donors (Lipinski definition) is 1. The molecule has 0 heterocycles. The van der Waals surface area contributed by atoms with Crippen molar-refractivity contribution < 1.29 is 8.95 Å². The van der Waals surface area contributed by atoms with Crippen LogP contribution in [0.3, 0.4) is 0 Å². The first kappa shape index (κ1) is 16.5. The van der Waals surface area contributed by atoms with Gasteiger partial charge in [-0.25, -0.2) is 0 Å². The summed E-state index contributed by atoms with van der Waals surface area (Å²) < 4.78 is 18.0. The molecule has 3 atom stereocenters. The highest BCUT2D eigenvalue weighted by atomic mass is 32.2. The fourth-order valence-electron chi connectivity index (χ4n) is 2.93. The van der Waals surface area contributed by atoms with Crippen LogP contribution >= 0.6 is 0 Å². The largest absolute Gasteiger partial charge is 0.497 e. The van der Waals surface area contributed by atoms with Crippen molar-refractivity contribution in [2.75, 3.05) is 19.4 Å². The van der Waals surface area contributed by atoms with E-state index in [0.29, 0.717) is 0 Å². The Bertz CT molecular complexity index is 490. The lowest BCUT2D eigenvalue weighted by Crippen LogP contribution is -2.33. The normalized spacial score (nSPS) is 22.0. The lowest BCUT2D eigenvalue weighted by Gasteiger charge is -2.21. The summed E-state index contributed by atoms with van der Waals surface area (Å²) in [7, 11) is 0.930. The second-order valence-corrected chi connectivity index (χ2v) is 7.45. The number of benzene rings is 1. The maximum atomic E-state index is 12.6. The van der Waals surface area contributed by atoms with Crippen LogP contribution in [0.5, 0.6) is 5.75 Å². The number of nitrogens with one attached hydrogen (secondary N) is 1. The molecular formula is C17H27NO2S. The van der Waals surface area contributed by atoms with Crippen LogP contribution < -0.4 is 10.1 Å². The van der Waals surface area contributed by atoms with Crippen molar-refractivity contribution in [1.29, 1.82) is 0 Å². The lowest BCUT2D eigenvalue weighted by molar-refractivity contribution is 0.413. The number of fused-ring (bicyclic) bond motifs is 1. The molecule has 118 valence electrons. The van der Waals surface area contributed by atoms with Gasteiger partial charge < -0.3 is 10.1 Å². The van der Waals surface area contributed by atoms with Gasteiger partial charge in [-0.15, -0.1) is 0 Å². The van der Waals surface area contributed by atoms with E-state index in [9.17, 15) is 4.21 Å². The zero-order valence-corrected chi connectivity index (χ0v) is 14.2. The summed E-state index contributed by atoms with van der Waals surface area (Å²) in [5, 5.41) is 3.80. The van der Waals surface area contributed by atoms with Crippen LogP contribution in [0, 0.1) is 0 Å². The molecule has 1 aliphatic rings. The van der Waals surface area contributed by atoms with Gasteiger partial charge in [0.05, 0.1) is 12.4 Å². The first-order valence-corrected chi connectivity index (χ1v) is 9.36. The van der Waals surface area contributed by atoms with Crippen LogP contribution in [-0.2, 0) is 17.2 Å². The van der Waals surface area contributed by atoms with Gasteiger partial charge in [0, 0.05) is 22.6 Å². The molecule has 0 fully saturated rings. The minimum absolute atomic E-state index is 0.199. The Morgan fingerprint density at radius 2 is 2.14 bits per heavy atom. The van der Waals surface area contributed by atoms with Crippen LogP contribution in [0.1, 0.15) is 50.3 Å². The number of unbranched alkanes of at least 4 members (excludes halogenated alkanes) is 1. The van der Waals surface area contributed by atoms with E-state index in [2.05, 4.69) is 31.3 Å². The van der Waals surface area contributed by atoms with Gasteiger partial charge in [-0.3, -0.25) is 4.21 Å². The molecule has 3 unspecified atom stereocenters. The molecule has 0 amide bonds. The minimum Gasteiger partial charge on any atom is -0.497 e. The van der Waals surface area contributed by atoms with E-state index in [-0.39, 0.29) is 11.3 Å². The van der Waals surface area contributed by atoms with E-state index in [1.165, 1.54) is 11.1 Å². The topological polar surface area (TPSA) is 38.3 Å². The SMILES string of the molecule is CCCCS(=O)C1Cc2ccc(OC)cc2C1NCCC. The number of hydrogen-bond acceptors (Lipinski definition) is 3. The van der Waals surface area contributed by atoms with Crippen molar-refractivity contribution in [3.05, 3.63) is 29.3 Å². The highest BCUT2D eigenvalue weighted by molar-refractivity contribution is 7.85. The summed E-state index contributed by atoms with van der Waals surface area (Å²) in [6.07, 6.45) is 4.15. The van der Waals surface area contributed by atoms with Gasteiger partial charge in [0.25, 0.3) is 0 Å². The molecule has 0 spiro atoms. The third kappa shape index (κ3) is 3.86. The molecule has 0 aromatic heterocycles. The van der Waals surface area contributed by atoms with Gasteiger partial charge in [-0.2, -0.15) is 0 Å². The predicted molar refractivity (Wildman–Crippen MR) is 89.4 cm³/mol. The highest BCUT2D eigenvalue weighted by Gasteiger charge is 2.35. The Hall–Kier alpha value is -0.870. The first-order chi connectivity index (χ1) is 10.2. The molecule has 4 heteroatoms. The van der Waals surface area contributed by atoms with Crippen LogP contribution in [0.4, 0.5) is 0 Å². The standard InChI is InChI=1S/C17H27NO2S/c1-4-6-10-21(19)16-11-13-7-8-14(20-3)12-15(13)17(16)18-9-5-2/h7-8,12,16-18H,4-6,9-11H2,1-3H3. The highest BCUT2D eigenvalue weighted by Crippen LogP contribution is 2.37. The zero-order chi connectivity index (χ0) is 15.2. The third-order valence-corrected chi connectivity index (χ3v) is 5.94. The summed E-state index contributed by atoms with van der Waals surface area (Å²) >= 11 is 0. The molecule has 2 rings (SSSR count). The van der Waals surface area contributed by atoms with Crippen LogP contribution in [-0.4, -0.2) is 28.9 Å². The van der Waals surface area contributed by atoms with Crippen LogP contribution in [0.15, 0.2) is 18.2 Å². The van der Waals surface area contributed by atoms with E-state index < -0.39 is 10.8 Å². The number of methoxy groups -OCH3 is 1. The molecule has 1 aliphatic carbocycles. The molecule has 21 heavy (non-hydrogen) atoms. The smallest absolute Gasteiger partial charge is 0.119 e. The summed E-state index contributed by atoms with van der Waals surface area (Å²) in [6, 6.07) is 6.45. The van der Waals surface area contributed by atoms with Gasteiger partial charge in [-0.1, -0.05) is 26.3 Å². The molecule has 0 bridgehead atoms. The third-order valence-electron chi connectivity index (χ3n) is 4.13. The van der Waals surface area contributed by atoms with Gasteiger partial charge in [-0.05, 0) is 49.1 Å². The monoisotopic (exact) mass is 309 g/mol. The lowest BCUT2D eigenvalue weighted by atomic mass is 10.1. The second kappa shape index (κ2) is 7.95. The Balaban J connectivity index is 2.21. The summed E-state index contributed by atoms with van der Waals surface area (Å²) in [6.45, 7) is 5.28. The molecular weight excluding hydrogens is 282 g/mol. The van der Waals surface area contributed by atoms with E-state index in [1.54, 1.807) is 7.11 Å². The van der Waals surface area contributed by atoms with Gasteiger partial charge in [0.15, 0.2) is 0 Å². The van der Waals surface area contributed by atoms with Crippen molar-refractivity contribution in [2.45, 2.75) is 50.8 Å². The van der Waals surface area contributed by atoms with Crippen molar-refractivity contribution in [3.63, 3.8) is 0 Å². The average Bonchev–Trinajstić information content (AvgIpc) is 2.88. The minimum atomic E-state index is -0.767. The van der Waals surface area contributed by atoms with Crippen molar-refractivity contribution >= 4 is 10.8 Å². The molecule has 1 aromatic rings. The summed E-state index contributed by atoms with van der Waals surface area (Å²) in [5.74, 6) is 1.70. The van der Waals surface area contributed by atoms with Crippen molar-refractivity contribution in [2.24, 2.45) is 0 Å². The molecule has 3 nitrogen and oxygen atoms in total. The zero-order valence-electron chi connectivity index (χ0n) is 13.4. The Kier molecular flexibility index (Phi) is 6.24. The predicted octanol–water partition coefficient (Wildman–Crippen LogP) is 3.21. The Morgan fingerprint density at radius 1 is 1.33 bits per heavy atom. The second-order valence-electron chi connectivity index (χ2n) is 5.68. The van der Waals surface area contributed by atoms with E-state index >= 15 is 0 Å². The number of ether oxygens (including phenoxy) is 1. The van der Waals surface area contributed by atoms with Crippen LogP contribution in [0.2, 0.25) is 0 Å². The van der Waals surface area contributed by atoms with Crippen LogP contribution in [0.25, 0.3) is 0 Å². The van der Waals surface area contributed by atoms with E-state index in [1.807, 2.05) is 6.07 Å². The summed E-state index contributed by atoms with van der Waals surface area (Å²) in [4.78, 5) is 0. The molecule has 0 saturated heterocycles. The van der Waals surface area contributed by atoms with E-state index in [0.717, 1.165) is 43.7 Å². The average molecular weight is 309 g/mol. The maximum absolute atomic E-state index is 12.6.